The zero-order chi connectivity index (χ0) is 27.6. The number of benzene rings is 8. The molecule has 0 saturated carbocycles. The third-order valence-electron chi connectivity index (χ3n) is 8.87. The molecule has 0 aliphatic heterocycles. The second-order valence-corrected chi connectivity index (χ2v) is 11.1. The summed E-state index contributed by atoms with van der Waals surface area (Å²) in [6.45, 7) is 0. The Hall–Kier alpha value is -5.53. The molecule has 9 aromatic rings. The van der Waals surface area contributed by atoms with Gasteiger partial charge in [-0.25, -0.2) is 0 Å². The molecule has 0 aliphatic carbocycles. The fourth-order valence-electron chi connectivity index (χ4n) is 7.03. The number of hydrogen-bond acceptors (Lipinski definition) is 1. The van der Waals surface area contributed by atoms with Crippen molar-refractivity contribution < 1.29 is 0 Å². The number of pyridine rings is 1. The lowest BCUT2D eigenvalue weighted by Gasteiger charge is -2.18. The summed E-state index contributed by atoms with van der Waals surface area (Å²) >= 11 is 0. The van der Waals surface area contributed by atoms with Crippen molar-refractivity contribution in [1.82, 2.24) is 4.98 Å². The smallest absolute Gasteiger partial charge is 0.0786 e. The lowest BCUT2D eigenvalue weighted by molar-refractivity contribution is 1.45. The molecule has 0 atom stereocenters. The molecular formula is C41H25N. The fraction of sp³-hybridized carbons (Fsp3) is 0. The summed E-state index contributed by atoms with van der Waals surface area (Å²) in [7, 11) is 0. The third kappa shape index (κ3) is 3.28. The molecule has 0 radical (unpaired) electrons. The van der Waals surface area contributed by atoms with Gasteiger partial charge in [0.25, 0.3) is 0 Å². The van der Waals surface area contributed by atoms with Gasteiger partial charge >= 0.3 is 0 Å². The molecular weight excluding hydrogens is 506 g/mol. The van der Waals surface area contributed by atoms with E-state index in [0.29, 0.717) is 0 Å². The van der Waals surface area contributed by atoms with Gasteiger partial charge in [-0.15, -0.1) is 0 Å². The molecule has 1 heteroatoms. The molecule has 194 valence electrons. The molecule has 0 unspecified atom stereocenters. The second-order valence-electron chi connectivity index (χ2n) is 11.1. The van der Waals surface area contributed by atoms with Crippen LogP contribution >= 0.6 is 0 Å². The molecule has 0 saturated heterocycles. The Morgan fingerprint density at radius 3 is 1.38 bits per heavy atom. The molecule has 1 heterocycles. The first-order valence-electron chi connectivity index (χ1n) is 14.5. The van der Waals surface area contributed by atoms with Crippen molar-refractivity contribution in [2.75, 3.05) is 0 Å². The quantitative estimate of drug-likeness (QED) is 0.202. The molecule has 0 spiro atoms. The van der Waals surface area contributed by atoms with E-state index in [0.717, 1.165) is 11.1 Å². The Morgan fingerprint density at radius 1 is 0.286 bits per heavy atom. The summed E-state index contributed by atoms with van der Waals surface area (Å²) in [5, 5.41) is 13.9. The first-order valence-corrected chi connectivity index (χ1v) is 14.5. The van der Waals surface area contributed by atoms with E-state index in [1.807, 2.05) is 0 Å². The van der Waals surface area contributed by atoms with Crippen molar-refractivity contribution in [2.45, 2.75) is 0 Å². The van der Waals surface area contributed by atoms with Crippen molar-refractivity contribution >= 4 is 64.8 Å². The molecule has 42 heavy (non-hydrogen) atoms. The Labute approximate surface area is 243 Å². The van der Waals surface area contributed by atoms with Crippen LogP contribution in [0.15, 0.2) is 152 Å². The van der Waals surface area contributed by atoms with Crippen molar-refractivity contribution in [2.24, 2.45) is 0 Å². The molecule has 8 aromatic carbocycles. The summed E-state index contributed by atoms with van der Waals surface area (Å²) in [6.07, 6.45) is 2.12. The zero-order valence-corrected chi connectivity index (χ0v) is 22.9. The average Bonchev–Trinajstić information content (AvgIpc) is 3.08. The van der Waals surface area contributed by atoms with E-state index < -0.39 is 0 Å². The highest BCUT2D eigenvalue weighted by Crippen LogP contribution is 2.45. The van der Waals surface area contributed by atoms with Gasteiger partial charge in [0.1, 0.15) is 0 Å². The maximum absolute atomic E-state index is 5.21. The van der Waals surface area contributed by atoms with Crippen LogP contribution in [0.1, 0.15) is 0 Å². The molecule has 0 N–H and O–H groups in total. The lowest BCUT2D eigenvalue weighted by atomic mass is 9.86. The van der Waals surface area contributed by atoms with E-state index in [9.17, 15) is 0 Å². The predicted octanol–water partition coefficient (Wildman–Crippen LogP) is 11.3. The van der Waals surface area contributed by atoms with Gasteiger partial charge in [-0.3, -0.25) is 4.98 Å². The van der Waals surface area contributed by atoms with Crippen LogP contribution < -0.4 is 0 Å². The second kappa shape index (κ2) is 8.99. The Bertz CT molecular complexity index is 2490. The van der Waals surface area contributed by atoms with Gasteiger partial charge in [0.05, 0.1) is 5.52 Å². The molecule has 0 bridgehead atoms. The van der Waals surface area contributed by atoms with E-state index >= 15 is 0 Å². The van der Waals surface area contributed by atoms with Gasteiger partial charge in [-0.05, 0) is 54.4 Å². The topological polar surface area (TPSA) is 12.9 Å². The van der Waals surface area contributed by atoms with Crippen LogP contribution in [0.4, 0.5) is 0 Å². The van der Waals surface area contributed by atoms with E-state index in [4.69, 9.17) is 4.98 Å². The van der Waals surface area contributed by atoms with Gasteiger partial charge in [-0.1, -0.05) is 146 Å². The number of aromatic nitrogens is 1. The number of rotatable bonds is 2. The monoisotopic (exact) mass is 531 g/mol. The van der Waals surface area contributed by atoms with Crippen molar-refractivity contribution in [3.05, 3.63) is 152 Å². The Morgan fingerprint density at radius 2 is 0.738 bits per heavy atom. The minimum atomic E-state index is 1.03. The lowest BCUT2D eigenvalue weighted by Crippen LogP contribution is -1.92. The standard InChI is InChI=1S/C41H25N/c1-2-11-26(12-3-1)27-21-23-28(24-22-27)29-19-10-20-36-38-34-17-8-9-18-35(34)39-32-15-6-4-13-30(32)31-14-5-7-16-33(31)40(39)37(38)25-42-41(29)36/h1-25H. The highest BCUT2D eigenvalue weighted by atomic mass is 14.7. The molecule has 1 aromatic heterocycles. The van der Waals surface area contributed by atoms with Crippen LogP contribution in [-0.2, 0) is 0 Å². The van der Waals surface area contributed by atoms with Crippen LogP contribution in [-0.4, -0.2) is 4.98 Å². The van der Waals surface area contributed by atoms with Crippen LogP contribution in [0.3, 0.4) is 0 Å². The number of hydrogen-bond donors (Lipinski definition) is 0. The van der Waals surface area contributed by atoms with Gasteiger partial charge < -0.3 is 0 Å². The van der Waals surface area contributed by atoms with Crippen LogP contribution in [0, 0.1) is 0 Å². The summed E-state index contributed by atoms with van der Waals surface area (Å²) in [5.74, 6) is 0. The average molecular weight is 532 g/mol. The van der Waals surface area contributed by atoms with E-state index in [2.05, 4.69) is 152 Å². The maximum atomic E-state index is 5.21. The summed E-state index contributed by atoms with van der Waals surface area (Å²) < 4.78 is 0. The van der Waals surface area contributed by atoms with E-state index in [1.54, 1.807) is 0 Å². The SMILES string of the molecule is c1ccc(-c2ccc(-c3cccc4c3ncc3c4c4ccccc4c4c5ccccc5c5ccccc5c34)cc2)cc1. The summed E-state index contributed by atoms with van der Waals surface area (Å²) in [5.41, 5.74) is 5.81. The highest BCUT2D eigenvalue weighted by Gasteiger charge is 2.18. The molecule has 9 rings (SSSR count). The fourth-order valence-corrected chi connectivity index (χ4v) is 7.03. The zero-order valence-electron chi connectivity index (χ0n) is 22.9. The number of para-hydroxylation sites is 1. The Kier molecular flexibility index (Phi) is 4.97. The normalized spacial score (nSPS) is 11.8. The van der Waals surface area contributed by atoms with Gasteiger partial charge in [0.2, 0.25) is 0 Å². The summed E-state index contributed by atoms with van der Waals surface area (Å²) in [6, 6.07) is 52.6. The number of fused-ring (bicyclic) bond motifs is 13. The van der Waals surface area contributed by atoms with Gasteiger partial charge in [0.15, 0.2) is 0 Å². The molecule has 0 amide bonds. The molecule has 0 fully saturated rings. The first-order chi connectivity index (χ1) is 20.9. The minimum Gasteiger partial charge on any atom is -0.255 e. The van der Waals surface area contributed by atoms with Crippen molar-refractivity contribution in [3.8, 4) is 22.3 Å². The van der Waals surface area contributed by atoms with Crippen molar-refractivity contribution in [1.29, 1.82) is 0 Å². The molecule has 1 nitrogen and oxygen atoms in total. The molecule has 0 aliphatic rings. The van der Waals surface area contributed by atoms with Gasteiger partial charge in [-0.2, -0.15) is 0 Å². The van der Waals surface area contributed by atoms with Crippen LogP contribution in [0.5, 0.6) is 0 Å². The maximum Gasteiger partial charge on any atom is 0.0786 e. The third-order valence-corrected chi connectivity index (χ3v) is 8.87. The number of nitrogens with zero attached hydrogens (tertiary/aromatic N) is 1. The predicted molar refractivity (Wildman–Crippen MR) is 180 cm³/mol. The minimum absolute atomic E-state index is 1.03. The van der Waals surface area contributed by atoms with E-state index in [-0.39, 0.29) is 0 Å². The Balaban J connectivity index is 1.41. The van der Waals surface area contributed by atoms with E-state index in [1.165, 1.54) is 75.9 Å². The first kappa shape index (κ1) is 23.2. The highest BCUT2D eigenvalue weighted by molar-refractivity contribution is 6.41. The van der Waals surface area contributed by atoms with Crippen LogP contribution in [0.25, 0.3) is 87.0 Å². The van der Waals surface area contributed by atoms with Crippen LogP contribution in [0.2, 0.25) is 0 Å². The van der Waals surface area contributed by atoms with Gasteiger partial charge in [0, 0.05) is 33.3 Å². The summed E-state index contributed by atoms with van der Waals surface area (Å²) in [4.78, 5) is 5.21. The van der Waals surface area contributed by atoms with Crippen molar-refractivity contribution in [3.63, 3.8) is 0 Å². The largest absolute Gasteiger partial charge is 0.255 e.